The van der Waals surface area contributed by atoms with Gasteiger partial charge in [0.25, 0.3) is 0 Å². The first-order valence-corrected chi connectivity index (χ1v) is 7.83. The standard InChI is InChI=1S/C17H24N2O/c1-12-5-3-4-10-19(12)13(2)17(20)15-6-7-16-14(11-15)8-9-18-16/h6-7,11-13,18H,3-5,8-10H2,1-2H3. The van der Waals surface area contributed by atoms with E-state index < -0.39 is 0 Å². The molecule has 2 unspecified atom stereocenters. The summed E-state index contributed by atoms with van der Waals surface area (Å²) >= 11 is 0. The maximum absolute atomic E-state index is 12.7. The molecular formula is C17H24N2O. The minimum Gasteiger partial charge on any atom is -0.384 e. The van der Waals surface area contributed by atoms with Crippen molar-refractivity contribution < 1.29 is 4.79 Å². The first kappa shape index (κ1) is 13.6. The van der Waals surface area contributed by atoms with Gasteiger partial charge in [-0.05, 0) is 63.4 Å². The van der Waals surface area contributed by atoms with E-state index in [4.69, 9.17) is 0 Å². The highest BCUT2D eigenvalue weighted by molar-refractivity contribution is 6.00. The molecule has 3 heteroatoms. The highest BCUT2D eigenvalue weighted by Crippen LogP contribution is 2.25. The summed E-state index contributed by atoms with van der Waals surface area (Å²) in [6, 6.07) is 6.64. The minimum absolute atomic E-state index is 0.00212. The Bertz CT molecular complexity index is 512. The molecule has 108 valence electrons. The molecular weight excluding hydrogens is 248 g/mol. The van der Waals surface area contributed by atoms with E-state index in [2.05, 4.69) is 36.2 Å². The molecule has 1 fully saturated rings. The zero-order valence-corrected chi connectivity index (χ0v) is 12.5. The zero-order valence-electron chi connectivity index (χ0n) is 12.5. The molecule has 1 aromatic rings. The molecule has 2 aliphatic heterocycles. The van der Waals surface area contributed by atoms with Crippen molar-refractivity contribution in [3.63, 3.8) is 0 Å². The Labute approximate surface area is 121 Å². The fraction of sp³-hybridized carbons (Fsp3) is 0.588. The van der Waals surface area contributed by atoms with E-state index in [1.807, 2.05) is 6.07 Å². The maximum Gasteiger partial charge on any atom is 0.179 e. The summed E-state index contributed by atoms with van der Waals surface area (Å²) in [5.41, 5.74) is 3.35. The third-order valence-electron chi connectivity index (χ3n) is 4.83. The molecule has 0 amide bonds. The molecule has 0 spiro atoms. The molecule has 3 rings (SSSR count). The second kappa shape index (κ2) is 5.57. The number of hydrogen-bond acceptors (Lipinski definition) is 3. The molecule has 2 aliphatic rings. The molecule has 2 atom stereocenters. The molecule has 3 nitrogen and oxygen atoms in total. The van der Waals surface area contributed by atoms with Crippen molar-refractivity contribution >= 4 is 11.5 Å². The third-order valence-corrected chi connectivity index (χ3v) is 4.83. The Morgan fingerprint density at radius 2 is 2.25 bits per heavy atom. The minimum atomic E-state index is -0.00212. The number of nitrogens with zero attached hydrogens (tertiary/aromatic N) is 1. The molecule has 0 radical (unpaired) electrons. The Morgan fingerprint density at radius 1 is 1.40 bits per heavy atom. The van der Waals surface area contributed by atoms with Gasteiger partial charge in [-0.15, -0.1) is 0 Å². The monoisotopic (exact) mass is 272 g/mol. The lowest BCUT2D eigenvalue weighted by molar-refractivity contribution is 0.0701. The highest BCUT2D eigenvalue weighted by atomic mass is 16.1. The van der Waals surface area contributed by atoms with Gasteiger partial charge in [0.15, 0.2) is 5.78 Å². The van der Waals surface area contributed by atoms with Crippen molar-refractivity contribution in [2.45, 2.75) is 51.6 Å². The van der Waals surface area contributed by atoms with Crippen LogP contribution in [0.3, 0.4) is 0 Å². The number of likely N-dealkylation sites (tertiary alicyclic amines) is 1. The number of anilines is 1. The Kier molecular flexibility index (Phi) is 3.79. The fourth-order valence-electron chi connectivity index (χ4n) is 3.55. The van der Waals surface area contributed by atoms with Gasteiger partial charge in [-0.25, -0.2) is 0 Å². The van der Waals surface area contributed by atoms with Crippen LogP contribution >= 0.6 is 0 Å². The molecule has 1 saturated heterocycles. The van der Waals surface area contributed by atoms with Gasteiger partial charge >= 0.3 is 0 Å². The Morgan fingerprint density at radius 3 is 3.05 bits per heavy atom. The normalized spacial score (nSPS) is 24.0. The van der Waals surface area contributed by atoms with Gasteiger partial charge in [0.05, 0.1) is 6.04 Å². The lowest BCUT2D eigenvalue weighted by atomic mass is 9.96. The lowest BCUT2D eigenvalue weighted by Crippen LogP contribution is -2.47. The van der Waals surface area contributed by atoms with Crippen LogP contribution in [-0.4, -0.2) is 35.9 Å². The smallest absolute Gasteiger partial charge is 0.179 e. The van der Waals surface area contributed by atoms with E-state index in [1.165, 1.54) is 30.5 Å². The van der Waals surface area contributed by atoms with Crippen molar-refractivity contribution in [2.24, 2.45) is 0 Å². The molecule has 2 heterocycles. The zero-order chi connectivity index (χ0) is 14.1. The van der Waals surface area contributed by atoms with Crippen molar-refractivity contribution in [3.05, 3.63) is 29.3 Å². The Balaban J connectivity index is 1.77. The molecule has 0 saturated carbocycles. The van der Waals surface area contributed by atoms with E-state index in [-0.39, 0.29) is 11.8 Å². The fourth-order valence-corrected chi connectivity index (χ4v) is 3.55. The summed E-state index contributed by atoms with van der Waals surface area (Å²) in [5.74, 6) is 0.272. The average molecular weight is 272 g/mol. The quantitative estimate of drug-likeness (QED) is 0.858. The Hall–Kier alpha value is -1.35. The molecule has 0 aliphatic carbocycles. The lowest BCUT2D eigenvalue weighted by Gasteiger charge is -2.37. The van der Waals surface area contributed by atoms with Crippen LogP contribution in [0.25, 0.3) is 0 Å². The van der Waals surface area contributed by atoms with Gasteiger partial charge in [-0.1, -0.05) is 6.42 Å². The number of fused-ring (bicyclic) bond motifs is 1. The number of carbonyl (C=O) groups excluding carboxylic acids is 1. The van der Waals surface area contributed by atoms with Gasteiger partial charge in [-0.3, -0.25) is 9.69 Å². The van der Waals surface area contributed by atoms with Gasteiger partial charge < -0.3 is 5.32 Å². The predicted octanol–water partition coefficient (Wildman–Crippen LogP) is 3.10. The van der Waals surface area contributed by atoms with Crippen molar-refractivity contribution in [3.8, 4) is 0 Å². The van der Waals surface area contributed by atoms with E-state index in [0.29, 0.717) is 6.04 Å². The van der Waals surface area contributed by atoms with Crippen LogP contribution in [0, 0.1) is 0 Å². The van der Waals surface area contributed by atoms with E-state index in [1.54, 1.807) is 0 Å². The summed E-state index contributed by atoms with van der Waals surface area (Å²) < 4.78 is 0. The summed E-state index contributed by atoms with van der Waals surface area (Å²) in [6.07, 6.45) is 4.76. The van der Waals surface area contributed by atoms with E-state index in [0.717, 1.165) is 25.1 Å². The van der Waals surface area contributed by atoms with Crippen LogP contribution in [0.5, 0.6) is 0 Å². The van der Waals surface area contributed by atoms with Gasteiger partial charge in [-0.2, -0.15) is 0 Å². The first-order chi connectivity index (χ1) is 9.66. The number of nitrogens with one attached hydrogen (secondary N) is 1. The van der Waals surface area contributed by atoms with Crippen LogP contribution in [0.4, 0.5) is 5.69 Å². The summed E-state index contributed by atoms with van der Waals surface area (Å²) in [4.78, 5) is 15.1. The molecule has 0 aromatic heterocycles. The highest BCUT2D eigenvalue weighted by Gasteiger charge is 2.28. The van der Waals surface area contributed by atoms with E-state index >= 15 is 0 Å². The number of benzene rings is 1. The largest absolute Gasteiger partial charge is 0.384 e. The van der Waals surface area contributed by atoms with Gasteiger partial charge in [0.1, 0.15) is 0 Å². The first-order valence-electron chi connectivity index (χ1n) is 7.83. The number of carbonyl (C=O) groups is 1. The number of ketones is 1. The molecule has 1 N–H and O–H groups in total. The molecule has 0 bridgehead atoms. The average Bonchev–Trinajstić information content (AvgIpc) is 2.93. The number of Topliss-reactive ketones (excluding diaryl/α,β-unsaturated/α-hetero) is 1. The van der Waals surface area contributed by atoms with Crippen LogP contribution in [-0.2, 0) is 6.42 Å². The van der Waals surface area contributed by atoms with E-state index in [9.17, 15) is 4.79 Å². The van der Waals surface area contributed by atoms with Crippen molar-refractivity contribution in [2.75, 3.05) is 18.4 Å². The van der Waals surface area contributed by atoms with Crippen LogP contribution in [0.1, 0.15) is 49.0 Å². The number of hydrogen-bond donors (Lipinski definition) is 1. The van der Waals surface area contributed by atoms with Crippen LogP contribution < -0.4 is 5.32 Å². The predicted molar refractivity (Wildman–Crippen MR) is 82.4 cm³/mol. The molecule has 1 aromatic carbocycles. The SMILES string of the molecule is CC1CCCCN1C(C)C(=O)c1ccc2c(c1)CCN2. The number of rotatable bonds is 3. The van der Waals surface area contributed by atoms with Gasteiger partial charge in [0.2, 0.25) is 0 Å². The van der Waals surface area contributed by atoms with Crippen LogP contribution in [0.2, 0.25) is 0 Å². The molecule has 20 heavy (non-hydrogen) atoms. The second-order valence-corrected chi connectivity index (χ2v) is 6.17. The van der Waals surface area contributed by atoms with Crippen LogP contribution in [0.15, 0.2) is 18.2 Å². The summed E-state index contributed by atoms with van der Waals surface area (Å²) in [6.45, 7) is 6.36. The maximum atomic E-state index is 12.7. The third kappa shape index (κ3) is 2.47. The van der Waals surface area contributed by atoms with Crippen molar-refractivity contribution in [1.29, 1.82) is 0 Å². The van der Waals surface area contributed by atoms with Crippen molar-refractivity contribution in [1.82, 2.24) is 4.90 Å². The summed E-state index contributed by atoms with van der Waals surface area (Å²) in [7, 11) is 0. The summed E-state index contributed by atoms with van der Waals surface area (Å²) in [5, 5.41) is 3.34. The second-order valence-electron chi connectivity index (χ2n) is 6.17. The topological polar surface area (TPSA) is 32.3 Å². The number of piperidine rings is 1. The van der Waals surface area contributed by atoms with Gasteiger partial charge in [0, 0.05) is 23.8 Å².